The lowest BCUT2D eigenvalue weighted by atomic mass is 10.3. The van der Waals surface area contributed by atoms with Crippen LogP contribution in [-0.2, 0) is 6.54 Å². The number of hydrogen-bond acceptors (Lipinski definition) is 3. The Balaban J connectivity index is 0.000000774. The predicted octanol–water partition coefficient (Wildman–Crippen LogP) is 3.49. The predicted molar refractivity (Wildman–Crippen MR) is 76.9 cm³/mol. The van der Waals surface area contributed by atoms with Gasteiger partial charge in [-0.1, -0.05) is 13.8 Å². The summed E-state index contributed by atoms with van der Waals surface area (Å²) < 4.78 is 28.2. The lowest BCUT2D eigenvalue weighted by Gasteiger charge is -2.03. The molecule has 0 radical (unpaired) electrons. The first-order chi connectivity index (χ1) is 10.1. The molecular formula is C15H16F2N4. The number of fused-ring (bicyclic) bond motifs is 1. The maximum Gasteiger partial charge on any atom is 0.158 e. The molecule has 3 aromatic heterocycles. The molecule has 0 aliphatic carbocycles. The van der Waals surface area contributed by atoms with Crippen molar-refractivity contribution in [2.24, 2.45) is 0 Å². The molecule has 4 nitrogen and oxygen atoms in total. The van der Waals surface area contributed by atoms with E-state index < -0.39 is 11.6 Å². The Hall–Kier alpha value is -2.37. The minimum absolute atomic E-state index is 0.162. The van der Waals surface area contributed by atoms with Gasteiger partial charge in [-0.15, -0.1) is 0 Å². The number of halogens is 2. The molecule has 3 heterocycles. The van der Waals surface area contributed by atoms with E-state index in [0.717, 1.165) is 6.20 Å². The van der Waals surface area contributed by atoms with Gasteiger partial charge in [-0.2, -0.15) is 5.10 Å². The molecule has 0 bridgehead atoms. The fraction of sp³-hybridized carbons (Fsp3) is 0.267. The third kappa shape index (κ3) is 3.04. The SMILES string of the molecule is CC.Cc1nn(Cc2ncccc2F)c2ncc(F)cc12. The second-order valence-electron chi connectivity index (χ2n) is 4.20. The van der Waals surface area contributed by atoms with Crippen molar-refractivity contribution >= 4 is 11.0 Å². The van der Waals surface area contributed by atoms with Crippen molar-refractivity contribution < 1.29 is 8.78 Å². The Kier molecular flexibility index (Phi) is 4.57. The smallest absolute Gasteiger partial charge is 0.158 e. The van der Waals surface area contributed by atoms with Gasteiger partial charge in [0, 0.05) is 11.6 Å². The summed E-state index contributed by atoms with van der Waals surface area (Å²) in [5.41, 5.74) is 1.44. The molecule has 0 N–H and O–H groups in total. The van der Waals surface area contributed by atoms with E-state index in [9.17, 15) is 8.78 Å². The molecule has 6 heteroatoms. The standard InChI is InChI=1S/C13H10F2N4.C2H6/c1-8-10-5-9(14)6-17-13(10)19(18-8)7-12-11(15)3-2-4-16-12;1-2/h2-6H,7H2,1H3;1-2H3. The number of nitrogens with zero attached hydrogens (tertiary/aromatic N) is 4. The van der Waals surface area contributed by atoms with E-state index in [1.807, 2.05) is 13.8 Å². The summed E-state index contributed by atoms with van der Waals surface area (Å²) in [4.78, 5) is 7.97. The first kappa shape index (κ1) is 15.0. The van der Waals surface area contributed by atoms with Gasteiger partial charge in [0.15, 0.2) is 5.65 Å². The van der Waals surface area contributed by atoms with Crippen LogP contribution in [0.2, 0.25) is 0 Å². The molecule has 0 aromatic carbocycles. The van der Waals surface area contributed by atoms with Crippen molar-refractivity contribution in [2.75, 3.05) is 0 Å². The number of aromatic nitrogens is 4. The van der Waals surface area contributed by atoms with Crippen LogP contribution in [0.3, 0.4) is 0 Å². The fourth-order valence-corrected chi connectivity index (χ4v) is 1.97. The fourth-order valence-electron chi connectivity index (χ4n) is 1.97. The van der Waals surface area contributed by atoms with Crippen LogP contribution in [0.5, 0.6) is 0 Å². The molecule has 0 atom stereocenters. The Bertz CT molecular complexity index is 753. The average molecular weight is 290 g/mol. The Morgan fingerprint density at radius 2 is 1.95 bits per heavy atom. The summed E-state index contributed by atoms with van der Waals surface area (Å²) in [5.74, 6) is -0.815. The zero-order valence-corrected chi connectivity index (χ0v) is 12.1. The van der Waals surface area contributed by atoms with Gasteiger partial charge in [0.05, 0.1) is 24.1 Å². The van der Waals surface area contributed by atoms with E-state index in [4.69, 9.17) is 0 Å². The Morgan fingerprint density at radius 3 is 2.67 bits per heavy atom. The van der Waals surface area contributed by atoms with Crippen LogP contribution in [-0.4, -0.2) is 19.7 Å². The highest BCUT2D eigenvalue weighted by Gasteiger charge is 2.12. The van der Waals surface area contributed by atoms with Crippen LogP contribution >= 0.6 is 0 Å². The van der Waals surface area contributed by atoms with E-state index in [2.05, 4.69) is 15.1 Å². The second kappa shape index (κ2) is 6.39. The number of rotatable bonds is 2. The zero-order valence-electron chi connectivity index (χ0n) is 12.1. The Morgan fingerprint density at radius 1 is 1.19 bits per heavy atom. The normalized spacial score (nSPS) is 10.3. The maximum atomic E-state index is 13.6. The van der Waals surface area contributed by atoms with Crippen LogP contribution in [0.1, 0.15) is 25.2 Å². The van der Waals surface area contributed by atoms with Gasteiger partial charge in [0.1, 0.15) is 11.6 Å². The molecule has 0 aliphatic heterocycles. The molecule has 0 amide bonds. The highest BCUT2D eigenvalue weighted by atomic mass is 19.1. The van der Waals surface area contributed by atoms with E-state index >= 15 is 0 Å². The highest BCUT2D eigenvalue weighted by molar-refractivity contribution is 5.77. The van der Waals surface area contributed by atoms with Crippen LogP contribution in [0.15, 0.2) is 30.6 Å². The van der Waals surface area contributed by atoms with Crippen molar-refractivity contribution in [3.05, 3.63) is 53.6 Å². The first-order valence-electron chi connectivity index (χ1n) is 6.73. The monoisotopic (exact) mass is 290 g/mol. The van der Waals surface area contributed by atoms with E-state index in [1.165, 1.54) is 29.1 Å². The van der Waals surface area contributed by atoms with Crippen molar-refractivity contribution in [3.8, 4) is 0 Å². The third-order valence-electron chi connectivity index (χ3n) is 2.87. The van der Waals surface area contributed by atoms with E-state index in [0.29, 0.717) is 16.7 Å². The summed E-state index contributed by atoms with van der Waals surface area (Å²) in [6, 6.07) is 4.24. The summed E-state index contributed by atoms with van der Waals surface area (Å²) in [6.07, 6.45) is 2.64. The van der Waals surface area contributed by atoms with Crippen LogP contribution in [0, 0.1) is 18.6 Å². The third-order valence-corrected chi connectivity index (χ3v) is 2.87. The highest BCUT2D eigenvalue weighted by Crippen LogP contribution is 2.18. The van der Waals surface area contributed by atoms with Gasteiger partial charge in [-0.05, 0) is 25.1 Å². The van der Waals surface area contributed by atoms with Gasteiger partial charge >= 0.3 is 0 Å². The minimum Gasteiger partial charge on any atom is -0.256 e. The van der Waals surface area contributed by atoms with Gasteiger partial charge in [-0.25, -0.2) is 18.4 Å². The molecular weight excluding hydrogens is 274 g/mol. The minimum atomic E-state index is -0.417. The Labute approximate surface area is 121 Å². The van der Waals surface area contributed by atoms with E-state index in [1.54, 1.807) is 6.92 Å². The molecule has 0 saturated heterocycles. The lowest BCUT2D eigenvalue weighted by molar-refractivity contribution is 0.573. The molecule has 0 aliphatic rings. The number of pyridine rings is 2. The first-order valence-corrected chi connectivity index (χ1v) is 6.73. The lowest BCUT2D eigenvalue weighted by Crippen LogP contribution is -2.06. The van der Waals surface area contributed by atoms with Crippen molar-refractivity contribution in [1.82, 2.24) is 19.7 Å². The quantitative estimate of drug-likeness (QED) is 0.725. The van der Waals surface area contributed by atoms with Gasteiger partial charge in [-0.3, -0.25) is 4.98 Å². The summed E-state index contributed by atoms with van der Waals surface area (Å²) in [5, 5.41) is 4.87. The summed E-state index contributed by atoms with van der Waals surface area (Å²) in [7, 11) is 0. The average Bonchev–Trinajstić information content (AvgIpc) is 2.80. The molecule has 0 unspecified atom stereocenters. The topological polar surface area (TPSA) is 43.6 Å². The molecule has 21 heavy (non-hydrogen) atoms. The molecule has 3 aromatic rings. The van der Waals surface area contributed by atoms with Gasteiger partial charge in [0.2, 0.25) is 0 Å². The molecule has 3 rings (SSSR count). The summed E-state index contributed by atoms with van der Waals surface area (Å²) in [6.45, 7) is 5.92. The maximum absolute atomic E-state index is 13.6. The number of aryl methyl sites for hydroxylation is 1. The largest absolute Gasteiger partial charge is 0.256 e. The van der Waals surface area contributed by atoms with Crippen LogP contribution in [0.4, 0.5) is 8.78 Å². The molecule has 110 valence electrons. The van der Waals surface area contributed by atoms with Crippen molar-refractivity contribution in [3.63, 3.8) is 0 Å². The molecule has 0 fully saturated rings. The van der Waals surface area contributed by atoms with Crippen LogP contribution in [0.25, 0.3) is 11.0 Å². The molecule has 0 spiro atoms. The van der Waals surface area contributed by atoms with Crippen LogP contribution < -0.4 is 0 Å². The zero-order chi connectivity index (χ0) is 15.4. The summed E-state index contributed by atoms with van der Waals surface area (Å²) >= 11 is 0. The van der Waals surface area contributed by atoms with Crippen molar-refractivity contribution in [1.29, 1.82) is 0 Å². The second-order valence-corrected chi connectivity index (χ2v) is 4.20. The number of hydrogen-bond donors (Lipinski definition) is 0. The molecule has 0 saturated carbocycles. The van der Waals surface area contributed by atoms with Gasteiger partial charge in [0.25, 0.3) is 0 Å². The van der Waals surface area contributed by atoms with E-state index in [-0.39, 0.29) is 12.2 Å². The van der Waals surface area contributed by atoms with Gasteiger partial charge < -0.3 is 0 Å². The van der Waals surface area contributed by atoms with Crippen molar-refractivity contribution in [2.45, 2.75) is 27.3 Å².